The highest BCUT2D eigenvalue weighted by Crippen LogP contribution is 2.26. The molecule has 0 aliphatic rings. The number of alkyl halides is 1. The van der Waals surface area contributed by atoms with Gasteiger partial charge in [0.15, 0.2) is 0 Å². The molecule has 0 N–H and O–H groups in total. The Labute approximate surface area is 124 Å². The molecule has 1 nitrogen and oxygen atoms in total. The summed E-state index contributed by atoms with van der Waals surface area (Å²) in [5.41, 5.74) is 2.43. The van der Waals surface area contributed by atoms with Gasteiger partial charge < -0.3 is 4.74 Å². The van der Waals surface area contributed by atoms with Crippen molar-refractivity contribution in [2.45, 2.75) is 5.92 Å². The number of rotatable bonds is 6. The molecule has 1 atom stereocenters. The van der Waals surface area contributed by atoms with Crippen LogP contribution in [0.3, 0.4) is 0 Å². The molecule has 100 valence electrons. The first-order chi connectivity index (χ1) is 9.31. The van der Waals surface area contributed by atoms with Gasteiger partial charge in [-0.3, -0.25) is 0 Å². The summed E-state index contributed by atoms with van der Waals surface area (Å²) in [5, 5.41) is 0.747. The summed E-state index contributed by atoms with van der Waals surface area (Å²) >= 11 is 11.6. The predicted octanol–water partition coefficient (Wildman–Crippen LogP) is 4.73. The third-order valence-electron chi connectivity index (χ3n) is 2.98. The minimum atomic E-state index is 0.210. The Bertz CT molecular complexity index is 482. The van der Waals surface area contributed by atoms with Crippen molar-refractivity contribution < 1.29 is 4.74 Å². The first-order valence-corrected chi connectivity index (χ1v) is 7.16. The van der Waals surface area contributed by atoms with Crippen LogP contribution in [0.25, 0.3) is 0 Å². The van der Waals surface area contributed by atoms with Gasteiger partial charge in [-0.05, 0) is 23.3 Å². The van der Waals surface area contributed by atoms with Gasteiger partial charge in [0, 0.05) is 16.8 Å². The molecular formula is C16H16Cl2O. The zero-order valence-corrected chi connectivity index (χ0v) is 12.1. The summed E-state index contributed by atoms with van der Waals surface area (Å²) in [7, 11) is 0. The van der Waals surface area contributed by atoms with Gasteiger partial charge in [0.05, 0.1) is 13.2 Å². The first-order valence-electron chi connectivity index (χ1n) is 6.25. The number of ether oxygens (including phenoxy) is 1. The molecule has 0 saturated heterocycles. The molecule has 2 rings (SSSR count). The second-order valence-corrected chi connectivity index (χ2v) is 5.09. The molecule has 0 aliphatic heterocycles. The van der Waals surface area contributed by atoms with E-state index in [-0.39, 0.29) is 5.92 Å². The molecule has 0 spiro atoms. The van der Waals surface area contributed by atoms with Crippen LogP contribution in [0.15, 0.2) is 54.6 Å². The van der Waals surface area contributed by atoms with E-state index in [1.807, 2.05) is 42.5 Å². The van der Waals surface area contributed by atoms with Crippen molar-refractivity contribution in [3.05, 3.63) is 70.7 Å². The van der Waals surface area contributed by atoms with E-state index < -0.39 is 0 Å². The average molecular weight is 295 g/mol. The Balaban J connectivity index is 2.21. The van der Waals surface area contributed by atoms with Crippen LogP contribution in [0.4, 0.5) is 0 Å². The quantitative estimate of drug-likeness (QED) is 0.553. The zero-order valence-electron chi connectivity index (χ0n) is 10.6. The highest BCUT2D eigenvalue weighted by molar-refractivity contribution is 6.30. The topological polar surface area (TPSA) is 9.23 Å². The van der Waals surface area contributed by atoms with Gasteiger partial charge in [-0.15, -0.1) is 11.6 Å². The van der Waals surface area contributed by atoms with Crippen molar-refractivity contribution in [3.8, 4) is 0 Å². The van der Waals surface area contributed by atoms with E-state index in [9.17, 15) is 0 Å². The fourth-order valence-corrected chi connectivity index (χ4v) is 2.26. The number of benzene rings is 2. The third-order valence-corrected chi connectivity index (χ3v) is 3.39. The predicted molar refractivity (Wildman–Crippen MR) is 81.3 cm³/mol. The summed E-state index contributed by atoms with van der Waals surface area (Å²) in [5.74, 6) is 0.726. The fraction of sp³-hybridized carbons (Fsp3) is 0.250. The minimum Gasteiger partial charge on any atom is -0.379 e. The summed E-state index contributed by atoms with van der Waals surface area (Å²) in [6.45, 7) is 1.19. The van der Waals surface area contributed by atoms with E-state index in [2.05, 4.69) is 12.1 Å². The van der Waals surface area contributed by atoms with Crippen LogP contribution in [0.1, 0.15) is 17.0 Å². The van der Waals surface area contributed by atoms with Gasteiger partial charge in [0.25, 0.3) is 0 Å². The van der Waals surface area contributed by atoms with Crippen LogP contribution in [-0.2, 0) is 4.74 Å². The highest BCUT2D eigenvalue weighted by Gasteiger charge is 2.14. The molecule has 0 fully saturated rings. The largest absolute Gasteiger partial charge is 0.379 e. The summed E-state index contributed by atoms with van der Waals surface area (Å²) < 4.78 is 5.62. The van der Waals surface area contributed by atoms with E-state index in [4.69, 9.17) is 27.9 Å². The number of hydrogen-bond acceptors (Lipinski definition) is 1. The van der Waals surface area contributed by atoms with E-state index in [1.165, 1.54) is 11.1 Å². The lowest BCUT2D eigenvalue weighted by Gasteiger charge is -2.18. The third kappa shape index (κ3) is 4.24. The summed E-state index contributed by atoms with van der Waals surface area (Å²) in [4.78, 5) is 0. The molecule has 0 aliphatic carbocycles. The second kappa shape index (κ2) is 7.54. The molecule has 3 heteroatoms. The zero-order chi connectivity index (χ0) is 13.5. The monoisotopic (exact) mass is 294 g/mol. The average Bonchev–Trinajstić information content (AvgIpc) is 2.46. The van der Waals surface area contributed by atoms with Crippen LogP contribution < -0.4 is 0 Å². The van der Waals surface area contributed by atoms with E-state index in [0.717, 1.165) is 5.02 Å². The fourth-order valence-electron chi connectivity index (χ4n) is 2.02. The lowest BCUT2D eigenvalue weighted by atomic mass is 9.92. The van der Waals surface area contributed by atoms with Crippen LogP contribution in [0.2, 0.25) is 5.02 Å². The summed E-state index contributed by atoms with van der Waals surface area (Å²) in [6.07, 6.45) is 0. The van der Waals surface area contributed by atoms with Gasteiger partial charge >= 0.3 is 0 Å². The van der Waals surface area contributed by atoms with E-state index in [0.29, 0.717) is 19.1 Å². The van der Waals surface area contributed by atoms with Crippen LogP contribution >= 0.6 is 23.2 Å². The normalized spacial score (nSPS) is 12.3. The van der Waals surface area contributed by atoms with Gasteiger partial charge in [0.2, 0.25) is 0 Å². The van der Waals surface area contributed by atoms with E-state index in [1.54, 1.807) is 0 Å². The molecule has 0 saturated carbocycles. The Hall–Kier alpha value is -1.02. The Morgan fingerprint density at radius 3 is 2.16 bits per heavy atom. The Morgan fingerprint density at radius 1 is 0.895 bits per heavy atom. The smallest absolute Gasteiger partial charge is 0.0602 e. The number of hydrogen-bond donors (Lipinski definition) is 0. The molecule has 0 amide bonds. The maximum Gasteiger partial charge on any atom is 0.0602 e. The Morgan fingerprint density at radius 2 is 1.53 bits per heavy atom. The second-order valence-electron chi connectivity index (χ2n) is 4.28. The maximum absolute atomic E-state index is 5.94. The maximum atomic E-state index is 5.94. The van der Waals surface area contributed by atoms with Crippen molar-refractivity contribution in [2.75, 3.05) is 19.1 Å². The molecule has 0 heterocycles. The first kappa shape index (κ1) is 14.4. The van der Waals surface area contributed by atoms with E-state index >= 15 is 0 Å². The summed E-state index contributed by atoms with van der Waals surface area (Å²) in [6, 6.07) is 18.2. The van der Waals surface area contributed by atoms with Gasteiger partial charge in [-0.2, -0.15) is 0 Å². The molecule has 2 aromatic carbocycles. The van der Waals surface area contributed by atoms with Gasteiger partial charge in [-0.25, -0.2) is 0 Å². The molecule has 0 bridgehead atoms. The molecule has 0 aromatic heterocycles. The lowest BCUT2D eigenvalue weighted by molar-refractivity contribution is 0.142. The highest BCUT2D eigenvalue weighted by atomic mass is 35.5. The molecule has 19 heavy (non-hydrogen) atoms. The van der Waals surface area contributed by atoms with Crippen molar-refractivity contribution >= 4 is 23.2 Å². The molecule has 1 unspecified atom stereocenters. The standard InChI is InChI=1S/C16H16Cl2O/c17-10-11-19-12-16(13-4-2-1-3-5-13)14-6-8-15(18)9-7-14/h1-9,16H,10-12H2. The molecular weight excluding hydrogens is 279 g/mol. The van der Waals surface area contributed by atoms with Crippen LogP contribution in [0, 0.1) is 0 Å². The SMILES string of the molecule is ClCCOCC(c1ccccc1)c1ccc(Cl)cc1. The molecule has 2 aromatic rings. The van der Waals surface area contributed by atoms with Crippen molar-refractivity contribution in [1.82, 2.24) is 0 Å². The van der Waals surface area contributed by atoms with Crippen molar-refractivity contribution in [3.63, 3.8) is 0 Å². The van der Waals surface area contributed by atoms with Gasteiger partial charge in [-0.1, -0.05) is 54.1 Å². The van der Waals surface area contributed by atoms with Gasteiger partial charge in [0.1, 0.15) is 0 Å². The number of halogens is 2. The Kier molecular flexibility index (Phi) is 5.71. The minimum absolute atomic E-state index is 0.210. The van der Waals surface area contributed by atoms with Crippen molar-refractivity contribution in [1.29, 1.82) is 0 Å². The van der Waals surface area contributed by atoms with Crippen LogP contribution in [0.5, 0.6) is 0 Å². The lowest BCUT2D eigenvalue weighted by Crippen LogP contribution is -2.10. The van der Waals surface area contributed by atoms with Crippen LogP contribution in [-0.4, -0.2) is 19.1 Å². The van der Waals surface area contributed by atoms with Crippen molar-refractivity contribution in [2.24, 2.45) is 0 Å². The molecule has 0 radical (unpaired) electrons.